The first-order chi connectivity index (χ1) is 13.6. The summed E-state index contributed by atoms with van der Waals surface area (Å²) in [5, 5.41) is 0. The van der Waals surface area contributed by atoms with Crippen molar-refractivity contribution in [3.05, 3.63) is 52.3 Å². The zero-order valence-electron chi connectivity index (χ0n) is 16.7. The molecule has 2 aromatic rings. The lowest BCUT2D eigenvalue weighted by Gasteiger charge is -2.36. The lowest BCUT2D eigenvalue weighted by Crippen LogP contribution is -2.48. The summed E-state index contributed by atoms with van der Waals surface area (Å²) in [6.45, 7) is 7.43. The van der Waals surface area contributed by atoms with Crippen LogP contribution < -0.4 is 4.90 Å². The molecule has 0 unspecified atom stereocenters. The summed E-state index contributed by atoms with van der Waals surface area (Å²) in [7, 11) is 0. The first kappa shape index (κ1) is 21.1. The highest BCUT2D eigenvalue weighted by Gasteiger charge is 2.31. The van der Waals surface area contributed by atoms with E-state index in [-0.39, 0.29) is 18.1 Å². The molecule has 1 aromatic heterocycles. The van der Waals surface area contributed by atoms with Crippen molar-refractivity contribution in [3.8, 4) is 0 Å². The number of hydrogen-bond acceptors (Lipinski definition) is 4. The number of Topliss-reactive ketones (excluding diaryl/α,β-unsaturated/α-hetero) is 2. The molecule has 0 atom stereocenters. The molecule has 0 saturated carbocycles. The third kappa shape index (κ3) is 4.53. The zero-order valence-corrected chi connectivity index (χ0v) is 16.7. The van der Waals surface area contributed by atoms with Crippen molar-refractivity contribution in [2.45, 2.75) is 26.9 Å². The lowest BCUT2D eigenvalue weighted by atomic mass is 10.1. The molecular formula is C21H24F3N3O2. The lowest BCUT2D eigenvalue weighted by molar-refractivity contribution is -0.137. The van der Waals surface area contributed by atoms with Gasteiger partial charge >= 0.3 is 6.18 Å². The molecule has 0 amide bonds. The summed E-state index contributed by atoms with van der Waals surface area (Å²) < 4.78 is 38.8. The van der Waals surface area contributed by atoms with E-state index in [0.29, 0.717) is 54.4 Å². The number of ketones is 2. The second kappa shape index (κ2) is 8.02. The number of rotatable bonds is 5. The Balaban J connectivity index is 1.63. The van der Waals surface area contributed by atoms with Crippen LogP contribution in [-0.2, 0) is 6.18 Å². The minimum Gasteiger partial charge on any atom is -0.369 e. The normalized spacial score (nSPS) is 15.6. The number of anilines is 1. The van der Waals surface area contributed by atoms with Gasteiger partial charge in [0, 0.05) is 43.1 Å². The maximum absolute atomic E-state index is 12.9. The van der Waals surface area contributed by atoms with Crippen molar-refractivity contribution < 1.29 is 22.8 Å². The standard InChI is InChI=1S/C21H24F3N3O2/c1-13-19(15(3)28)14(2)25-20(13)18(29)12-26-7-9-27(10-8-26)17-6-4-5-16(11-17)21(22,23)24/h4-6,11,25H,7-10,12H2,1-3H3. The minimum absolute atomic E-state index is 0.0787. The monoisotopic (exact) mass is 407 g/mol. The fourth-order valence-electron chi connectivity index (χ4n) is 3.88. The predicted octanol–water partition coefficient (Wildman–Crippen LogP) is 3.86. The molecule has 1 fully saturated rings. The summed E-state index contributed by atoms with van der Waals surface area (Å²) in [6.07, 6.45) is -4.37. The number of hydrogen-bond donors (Lipinski definition) is 1. The third-order valence-electron chi connectivity index (χ3n) is 5.35. The topological polar surface area (TPSA) is 56.4 Å². The minimum atomic E-state index is -4.37. The van der Waals surface area contributed by atoms with E-state index in [1.807, 2.05) is 9.80 Å². The number of aromatic amines is 1. The number of aryl methyl sites for hydroxylation is 1. The summed E-state index contributed by atoms with van der Waals surface area (Å²) in [6, 6.07) is 5.31. The molecule has 29 heavy (non-hydrogen) atoms. The van der Waals surface area contributed by atoms with Gasteiger partial charge in [-0.1, -0.05) is 6.07 Å². The highest BCUT2D eigenvalue weighted by Crippen LogP contribution is 2.32. The maximum atomic E-state index is 12.9. The average Bonchev–Trinajstić information content (AvgIpc) is 2.96. The van der Waals surface area contributed by atoms with E-state index in [9.17, 15) is 22.8 Å². The van der Waals surface area contributed by atoms with Crippen LogP contribution in [0.5, 0.6) is 0 Å². The Morgan fingerprint density at radius 1 is 1.10 bits per heavy atom. The van der Waals surface area contributed by atoms with E-state index in [4.69, 9.17) is 0 Å². The average molecular weight is 407 g/mol. The van der Waals surface area contributed by atoms with Crippen LogP contribution in [0.15, 0.2) is 24.3 Å². The second-order valence-electron chi connectivity index (χ2n) is 7.42. The van der Waals surface area contributed by atoms with Crippen LogP contribution in [0, 0.1) is 13.8 Å². The smallest absolute Gasteiger partial charge is 0.369 e. The molecular weight excluding hydrogens is 383 g/mol. The van der Waals surface area contributed by atoms with Gasteiger partial charge in [-0.25, -0.2) is 0 Å². The van der Waals surface area contributed by atoms with Crippen molar-refractivity contribution in [3.63, 3.8) is 0 Å². The van der Waals surface area contributed by atoms with E-state index in [1.54, 1.807) is 19.9 Å². The Hall–Kier alpha value is -2.61. The number of piperazine rings is 1. The van der Waals surface area contributed by atoms with E-state index in [1.165, 1.54) is 13.0 Å². The summed E-state index contributed by atoms with van der Waals surface area (Å²) in [4.78, 5) is 31.4. The first-order valence-corrected chi connectivity index (χ1v) is 9.45. The van der Waals surface area contributed by atoms with E-state index in [2.05, 4.69) is 4.98 Å². The molecule has 8 heteroatoms. The number of H-pyrrole nitrogens is 1. The predicted molar refractivity (Wildman–Crippen MR) is 105 cm³/mol. The van der Waals surface area contributed by atoms with Gasteiger partial charge in [0.25, 0.3) is 0 Å². The Bertz CT molecular complexity index is 926. The largest absolute Gasteiger partial charge is 0.416 e. The maximum Gasteiger partial charge on any atom is 0.416 e. The quantitative estimate of drug-likeness (QED) is 0.765. The molecule has 1 aliphatic heterocycles. The highest BCUT2D eigenvalue weighted by molar-refractivity contribution is 6.03. The molecule has 1 aliphatic rings. The zero-order chi connectivity index (χ0) is 21.3. The Kier molecular flexibility index (Phi) is 5.84. The molecule has 1 N–H and O–H groups in total. The van der Waals surface area contributed by atoms with Gasteiger partial charge in [0.05, 0.1) is 17.8 Å². The van der Waals surface area contributed by atoms with Crippen LogP contribution in [0.1, 0.15) is 44.6 Å². The van der Waals surface area contributed by atoms with Crippen molar-refractivity contribution in [2.75, 3.05) is 37.6 Å². The van der Waals surface area contributed by atoms with Gasteiger partial charge < -0.3 is 9.88 Å². The van der Waals surface area contributed by atoms with Gasteiger partial charge in [-0.05, 0) is 44.5 Å². The molecule has 5 nitrogen and oxygen atoms in total. The van der Waals surface area contributed by atoms with Crippen LogP contribution in [0.25, 0.3) is 0 Å². The SMILES string of the molecule is CC(=O)c1c(C)[nH]c(C(=O)CN2CCN(c3cccc(C(F)(F)F)c3)CC2)c1C. The first-order valence-electron chi connectivity index (χ1n) is 9.45. The number of nitrogens with one attached hydrogen (secondary N) is 1. The van der Waals surface area contributed by atoms with E-state index < -0.39 is 11.7 Å². The van der Waals surface area contributed by atoms with Gasteiger partial charge in [0.2, 0.25) is 0 Å². The van der Waals surface area contributed by atoms with Gasteiger partial charge in [0.15, 0.2) is 11.6 Å². The number of halogens is 3. The molecule has 0 radical (unpaired) electrons. The van der Waals surface area contributed by atoms with Crippen LogP contribution in [-0.4, -0.2) is 54.2 Å². The molecule has 2 heterocycles. The summed E-state index contributed by atoms with van der Waals surface area (Å²) >= 11 is 0. The third-order valence-corrected chi connectivity index (χ3v) is 5.35. The number of nitrogens with zero attached hydrogens (tertiary/aromatic N) is 2. The van der Waals surface area contributed by atoms with Gasteiger partial charge in [-0.15, -0.1) is 0 Å². The van der Waals surface area contributed by atoms with Gasteiger partial charge in [-0.2, -0.15) is 13.2 Å². The fourth-order valence-corrected chi connectivity index (χ4v) is 3.88. The van der Waals surface area contributed by atoms with Crippen LogP contribution in [0.2, 0.25) is 0 Å². The summed E-state index contributed by atoms with van der Waals surface area (Å²) in [5.74, 6) is -0.171. The van der Waals surface area contributed by atoms with Crippen molar-refractivity contribution in [1.82, 2.24) is 9.88 Å². The Morgan fingerprint density at radius 3 is 2.31 bits per heavy atom. The second-order valence-corrected chi connectivity index (χ2v) is 7.42. The molecule has 3 rings (SSSR count). The Morgan fingerprint density at radius 2 is 1.76 bits per heavy atom. The molecule has 0 spiro atoms. The number of aromatic nitrogens is 1. The van der Waals surface area contributed by atoms with Gasteiger partial charge in [0.1, 0.15) is 0 Å². The highest BCUT2D eigenvalue weighted by atomic mass is 19.4. The van der Waals surface area contributed by atoms with E-state index in [0.717, 1.165) is 12.1 Å². The number of carbonyl (C=O) groups excluding carboxylic acids is 2. The molecule has 0 bridgehead atoms. The van der Waals surface area contributed by atoms with Crippen molar-refractivity contribution >= 4 is 17.3 Å². The Labute approximate surface area is 167 Å². The van der Waals surface area contributed by atoms with Gasteiger partial charge in [-0.3, -0.25) is 14.5 Å². The molecule has 1 aromatic carbocycles. The van der Waals surface area contributed by atoms with Crippen LogP contribution >= 0.6 is 0 Å². The number of benzene rings is 1. The van der Waals surface area contributed by atoms with Crippen LogP contribution in [0.4, 0.5) is 18.9 Å². The fraction of sp³-hybridized carbons (Fsp3) is 0.429. The summed E-state index contributed by atoms with van der Waals surface area (Å²) in [5.41, 5.74) is 2.24. The van der Waals surface area contributed by atoms with Crippen LogP contribution in [0.3, 0.4) is 0 Å². The molecule has 156 valence electrons. The van der Waals surface area contributed by atoms with E-state index >= 15 is 0 Å². The van der Waals surface area contributed by atoms with Crippen molar-refractivity contribution in [1.29, 1.82) is 0 Å². The molecule has 0 aliphatic carbocycles. The molecule has 1 saturated heterocycles. The number of alkyl halides is 3. The number of carbonyl (C=O) groups is 2. The van der Waals surface area contributed by atoms with Crippen molar-refractivity contribution in [2.24, 2.45) is 0 Å².